The fourth-order valence-electron chi connectivity index (χ4n) is 3.79. The maximum absolute atomic E-state index is 12.7. The maximum atomic E-state index is 12.7. The molecule has 0 saturated carbocycles. The van der Waals surface area contributed by atoms with Gasteiger partial charge in [-0.25, -0.2) is 0 Å². The average molecular weight is 285 g/mol. The van der Waals surface area contributed by atoms with Crippen LogP contribution in [0.1, 0.15) is 5.56 Å². The summed E-state index contributed by atoms with van der Waals surface area (Å²) in [7, 11) is 0. The third kappa shape index (κ3) is 1.55. The zero-order chi connectivity index (χ0) is 14.8. The predicted octanol–water partition coefficient (Wildman–Crippen LogP) is 1.37. The molecule has 1 aromatic rings. The van der Waals surface area contributed by atoms with Crippen LogP contribution in [-0.2, 0) is 14.3 Å². The largest absolute Gasteiger partial charge is 0.481 e. The summed E-state index contributed by atoms with van der Waals surface area (Å²) < 4.78 is 5.86. The molecule has 1 N–H and O–H groups in total. The molecule has 2 bridgehead atoms. The smallest absolute Gasteiger partial charge is 0.310 e. The highest BCUT2D eigenvalue weighted by atomic mass is 16.5. The van der Waals surface area contributed by atoms with Gasteiger partial charge in [-0.05, 0) is 24.6 Å². The molecule has 5 nitrogen and oxygen atoms in total. The van der Waals surface area contributed by atoms with Gasteiger partial charge in [0.05, 0.1) is 18.6 Å². The lowest BCUT2D eigenvalue weighted by Crippen LogP contribution is -2.39. The first-order chi connectivity index (χ1) is 10.0. The Kier molecular flexibility index (Phi) is 2.37. The SMILES string of the molecule is Cc1cccc(N2C[C@@]34C=C[C@@H](O3)[C@H](C(=O)O)[C@@H]4C2=O)c1. The lowest BCUT2D eigenvalue weighted by Gasteiger charge is -2.21. The summed E-state index contributed by atoms with van der Waals surface area (Å²) in [6.45, 7) is 2.35. The minimum Gasteiger partial charge on any atom is -0.481 e. The van der Waals surface area contributed by atoms with Crippen LogP contribution < -0.4 is 4.90 Å². The highest BCUT2D eigenvalue weighted by Crippen LogP contribution is 2.52. The first kappa shape index (κ1) is 12.6. The van der Waals surface area contributed by atoms with Crippen molar-refractivity contribution in [2.45, 2.75) is 18.6 Å². The number of amides is 1. The first-order valence-corrected chi connectivity index (χ1v) is 7.00. The molecule has 5 heteroatoms. The number of carboxylic acid groups (broad SMARTS) is 1. The Hall–Kier alpha value is -2.14. The molecule has 2 saturated heterocycles. The molecule has 1 amide bonds. The van der Waals surface area contributed by atoms with E-state index in [0.29, 0.717) is 6.54 Å². The van der Waals surface area contributed by atoms with Gasteiger partial charge in [0.1, 0.15) is 11.5 Å². The van der Waals surface area contributed by atoms with Crippen molar-refractivity contribution in [3.05, 3.63) is 42.0 Å². The molecule has 0 radical (unpaired) electrons. The fraction of sp³-hybridized carbons (Fsp3) is 0.375. The molecule has 4 atom stereocenters. The molecule has 2 fully saturated rings. The van der Waals surface area contributed by atoms with Crippen LogP contribution in [-0.4, -0.2) is 35.2 Å². The van der Waals surface area contributed by atoms with Crippen molar-refractivity contribution in [2.24, 2.45) is 11.8 Å². The number of aliphatic carboxylic acids is 1. The van der Waals surface area contributed by atoms with Crippen LogP contribution in [0.5, 0.6) is 0 Å². The summed E-state index contributed by atoms with van der Waals surface area (Å²) in [6.07, 6.45) is 3.17. The van der Waals surface area contributed by atoms with Crippen molar-refractivity contribution in [1.29, 1.82) is 0 Å². The number of carboxylic acids is 1. The molecule has 3 aliphatic heterocycles. The minimum absolute atomic E-state index is 0.153. The number of aryl methyl sites for hydroxylation is 1. The van der Waals surface area contributed by atoms with E-state index in [1.54, 1.807) is 11.0 Å². The van der Waals surface area contributed by atoms with Gasteiger partial charge in [0.25, 0.3) is 0 Å². The van der Waals surface area contributed by atoms with Crippen molar-refractivity contribution >= 4 is 17.6 Å². The lowest BCUT2D eigenvalue weighted by atomic mass is 9.77. The Balaban J connectivity index is 1.75. The van der Waals surface area contributed by atoms with Crippen molar-refractivity contribution in [1.82, 2.24) is 0 Å². The van der Waals surface area contributed by atoms with E-state index >= 15 is 0 Å². The van der Waals surface area contributed by atoms with Crippen molar-refractivity contribution in [3.8, 4) is 0 Å². The van der Waals surface area contributed by atoms with Crippen LogP contribution in [0.15, 0.2) is 36.4 Å². The summed E-state index contributed by atoms with van der Waals surface area (Å²) in [5.41, 5.74) is 1.09. The number of carbonyl (C=O) groups excluding carboxylic acids is 1. The van der Waals surface area contributed by atoms with Gasteiger partial charge >= 0.3 is 5.97 Å². The lowest BCUT2D eigenvalue weighted by molar-refractivity contribution is -0.146. The highest BCUT2D eigenvalue weighted by molar-refractivity contribution is 6.02. The monoisotopic (exact) mass is 285 g/mol. The molecule has 3 aliphatic rings. The van der Waals surface area contributed by atoms with E-state index < -0.39 is 29.5 Å². The summed E-state index contributed by atoms with van der Waals surface area (Å²) >= 11 is 0. The number of anilines is 1. The van der Waals surface area contributed by atoms with Gasteiger partial charge in [-0.3, -0.25) is 9.59 Å². The number of carbonyl (C=O) groups is 2. The van der Waals surface area contributed by atoms with E-state index in [1.165, 1.54) is 0 Å². The number of rotatable bonds is 2. The quantitative estimate of drug-likeness (QED) is 0.833. The second-order valence-corrected chi connectivity index (χ2v) is 6.00. The number of hydrogen-bond donors (Lipinski definition) is 1. The van der Waals surface area contributed by atoms with Crippen LogP contribution >= 0.6 is 0 Å². The summed E-state index contributed by atoms with van der Waals surface area (Å²) in [4.78, 5) is 25.9. The third-order valence-corrected chi connectivity index (χ3v) is 4.70. The Morgan fingerprint density at radius 3 is 3.00 bits per heavy atom. The zero-order valence-electron chi connectivity index (χ0n) is 11.5. The van der Waals surface area contributed by atoms with Crippen molar-refractivity contribution in [2.75, 3.05) is 11.4 Å². The van der Waals surface area contributed by atoms with Crippen LogP contribution in [0.3, 0.4) is 0 Å². The van der Waals surface area contributed by atoms with E-state index in [9.17, 15) is 14.7 Å². The van der Waals surface area contributed by atoms with Gasteiger partial charge in [-0.2, -0.15) is 0 Å². The van der Waals surface area contributed by atoms with Gasteiger partial charge in [0.15, 0.2) is 0 Å². The summed E-state index contributed by atoms with van der Waals surface area (Å²) in [5.74, 6) is -2.52. The van der Waals surface area contributed by atoms with Gasteiger partial charge in [-0.15, -0.1) is 0 Å². The van der Waals surface area contributed by atoms with Gasteiger partial charge in [0, 0.05) is 5.69 Å². The van der Waals surface area contributed by atoms with Crippen LogP contribution in [0.2, 0.25) is 0 Å². The van der Waals surface area contributed by atoms with Gasteiger partial charge in [0.2, 0.25) is 5.91 Å². The number of hydrogen-bond acceptors (Lipinski definition) is 3. The molecule has 1 spiro atoms. The van der Waals surface area contributed by atoms with Crippen LogP contribution in [0, 0.1) is 18.8 Å². The summed E-state index contributed by atoms with van der Waals surface area (Å²) in [5, 5.41) is 9.41. The highest BCUT2D eigenvalue weighted by Gasteiger charge is 2.67. The van der Waals surface area contributed by atoms with E-state index in [0.717, 1.165) is 11.3 Å². The third-order valence-electron chi connectivity index (χ3n) is 4.70. The molecular weight excluding hydrogens is 270 g/mol. The second-order valence-electron chi connectivity index (χ2n) is 6.00. The van der Waals surface area contributed by atoms with Crippen molar-refractivity contribution < 1.29 is 19.4 Å². The van der Waals surface area contributed by atoms with Crippen LogP contribution in [0.25, 0.3) is 0 Å². The number of nitrogens with zero attached hydrogens (tertiary/aromatic N) is 1. The van der Waals surface area contributed by atoms with Crippen LogP contribution in [0.4, 0.5) is 5.69 Å². The molecule has 1 aromatic carbocycles. The molecule has 21 heavy (non-hydrogen) atoms. The maximum Gasteiger partial charge on any atom is 0.310 e. The van der Waals surface area contributed by atoms with Gasteiger partial charge < -0.3 is 14.7 Å². The molecule has 0 aliphatic carbocycles. The zero-order valence-corrected chi connectivity index (χ0v) is 11.5. The Morgan fingerprint density at radius 2 is 2.29 bits per heavy atom. The minimum atomic E-state index is -0.962. The van der Waals surface area contributed by atoms with E-state index in [2.05, 4.69) is 0 Å². The first-order valence-electron chi connectivity index (χ1n) is 7.00. The summed E-state index contributed by atoms with van der Waals surface area (Å²) in [6, 6.07) is 7.66. The predicted molar refractivity (Wildman–Crippen MR) is 74.9 cm³/mol. The van der Waals surface area contributed by atoms with Gasteiger partial charge in [-0.1, -0.05) is 24.3 Å². The van der Waals surface area contributed by atoms with E-state index in [1.807, 2.05) is 37.3 Å². The van der Waals surface area contributed by atoms with E-state index in [4.69, 9.17) is 4.74 Å². The second kappa shape index (κ2) is 3.95. The normalized spacial score (nSPS) is 36.3. The Bertz CT molecular complexity index is 683. The molecule has 0 aromatic heterocycles. The molecular formula is C16H15NO4. The Morgan fingerprint density at radius 1 is 1.48 bits per heavy atom. The average Bonchev–Trinajstić information content (AvgIpc) is 3.07. The molecule has 0 unspecified atom stereocenters. The molecule has 4 rings (SSSR count). The molecule has 3 heterocycles. The molecule has 108 valence electrons. The van der Waals surface area contributed by atoms with Crippen molar-refractivity contribution in [3.63, 3.8) is 0 Å². The topological polar surface area (TPSA) is 66.8 Å². The standard InChI is InChI=1S/C16H15NO4/c1-9-3-2-4-10(7-9)17-8-16-6-5-11(21-16)12(15(19)20)13(16)14(17)18/h2-7,11-13H,8H2,1H3,(H,19,20)/t11-,12+,13-,16-/m1/s1. The number of benzene rings is 1. The number of ether oxygens (including phenoxy) is 1. The Labute approximate surface area is 121 Å². The van der Waals surface area contributed by atoms with E-state index in [-0.39, 0.29) is 5.91 Å². The fourth-order valence-corrected chi connectivity index (χ4v) is 3.79. The number of fused-ring (bicyclic) bond motifs is 1.